The molecule has 4 rings (SSSR count). The maximum absolute atomic E-state index is 13.2. The molecular formula is C33H33Cl2N3O4. The van der Waals surface area contributed by atoms with E-state index in [1.807, 2.05) is 67.6 Å². The van der Waals surface area contributed by atoms with Gasteiger partial charge in [0, 0.05) is 46.4 Å². The molecule has 0 radical (unpaired) electrons. The van der Waals surface area contributed by atoms with Crippen LogP contribution in [-0.2, 0) is 17.8 Å². The predicted octanol–water partition coefficient (Wildman–Crippen LogP) is 6.46. The first-order valence-electron chi connectivity index (χ1n) is 13.5. The van der Waals surface area contributed by atoms with Crippen LogP contribution in [0.2, 0.25) is 10.0 Å². The van der Waals surface area contributed by atoms with Gasteiger partial charge in [-0.1, -0.05) is 59.1 Å². The van der Waals surface area contributed by atoms with E-state index < -0.39 is 6.04 Å². The Morgan fingerprint density at radius 1 is 0.833 bits per heavy atom. The SMILES string of the molecule is COc1ccc(NCCNC(=O)C(Cc2ccc(OCc3c(Cl)cccc3Cl)cc2)NC(=O)c2cccc(C)c2)cc1. The van der Waals surface area contributed by atoms with Gasteiger partial charge in [-0.15, -0.1) is 0 Å². The van der Waals surface area contributed by atoms with E-state index in [0.717, 1.165) is 22.6 Å². The summed E-state index contributed by atoms with van der Waals surface area (Å²) in [4.78, 5) is 26.3. The van der Waals surface area contributed by atoms with Crippen molar-refractivity contribution in [1.82, 2.24) is 10.6 Å². The lowest BCUT2D eigenvalue weighted by molar-refractivity contribution is -0.122. The zero-order valence-corrected chi connectivity index (χ0v) is 25.0. The van der Waals surface area contributed by atoms with Gasteiger partial charge in [0.25, 0.3) is 5.91 Å². The van der Waals surface area contributed by atoms with Gasteiger partial charge >= 0.3 is 0 Å². The normalized spacial score (nSPS) is 11.3. The fraction of sp³-hybridized carbons (Fsp3) is 0.212. The molecule has 2 amide bonds. The number of halogens is 2. The van der Waals surface area contributed by atoms with E-state index >= 15 is 0 Å². The molecule has 0 aliphatic rings. The number of nitrogens with one attached hydrogen (secondary N) is 3. The van der Waals surface area contributed by atoms with E-state index in [2.05, 4.69) is 16.0 Å². The molecule has 0 aliphatic carbocycles. The Hall–Kier alpha value is -4.20. The van der Waals surface area contributed by atoms with Gasteiger partial charge in [0.2, 0.25) is 5.91 Å². The Bertz CT molecular complexity index is 1470. The van der Waals surface area contributed by atoms with Crippen LogP contribution in [-0.4, -0.2) is 38.1 Å². The number of carbonyl (C=O) groups excluding carboxylic acids is 2. The molecule has 1 unspecified atom stereocenters. The van der Waals surface area contributed by atoms with E-state index in [-0.39, 0.29) is 18.4 Å². The molecule has 0 saturated heterocycles. The van der Waals surface area contributed by atoms with E-state index in [1.54, 1.807) is 37.4 Å². The molecule has 0 heterocycles. The molecule has 9 heteroatoms. The third-order valence-electron chi connectivity index (χ3n) is 6.55. The Morgan fingerprint density at radius 3 is 2.17 bits per heavy atom. The summed E-state index contributed by atoms with van der Waals surface area (Å²) in [6.45, 7) is 3.03. The molecule has 42 heavy (non-hydrogen) atoms. The second kappa shape index (κ2) is 15.1. The lowest BCUT2D eigenvalue weighted by Gasteiger charge is -2.19. The highest BCUT2D eigenvalue weighted by Gasteiger charge is 2.22. The molecule has 0 saturated carbocycles. The highest BCUT2D eigenvalue weighted by molar-refractivity contribution is 6.35. The van der Waals surface area contributed by atoms with Crippen molar-refractivity contribution in [1.29, 1.82) is 0 Å². The minimum absolute atomic E-state index is 0.222. The molecule has 1 atom stereocenters. The number of hydrogen-bond donors (Lipinski definition) is 3. The topological polar surface area (TPSA) is 88.7 Å². The van der Waals surface area contributed by atoms with Gasteiger partial charge in [0.1, 0.15) is 24.1 Å². The molecule has 4 aromatic rings. The maximum Gasteiger partial charge on any atom is 0.251 e. The van der Waals surface area contributed by atoms with Gasteiger partial charge in [-0.3, -0.25) is 9.59 Å². The molecule has 7 nitrogen and oxygen atoms in total. The van der Waals surface area contributed by atoms with E-state index in [4.69, 9.17) is 32.7 Å². The summed E-state index contributed by atoms with van der Waals surface area (Å²) in [6.07, 6.45) is 0.298. The van der Waals surface area contributed by atoms with Crippen molar-refractivity contribution in [3.05, 3.63) is 123 Å². The summed E-state index contributed by atoms with van der Waals surface area (Å²) in [5.41, 5.74) is 3.94. The molecule has 4 aromatic carbocycles. The predicted molar refractivity (Wildman–Crippen MR) is 168 cm³/mol. The summed E-state index contributed by atoms with van der Waals surface area (Å²) in [7, 11) is 1.62. The van der Waals surface area contributed by atoms with Crippen LogP contribution in [0.5, 0.6) is 11.5 Å². The van der Waals surface area contributed by atoms with Crippen LogP contribution in [0.3, 0.4) is 0 Å². The van der Waals surface area contributed by atoms with Gasteiger partial charge in [-0.05, 0) is 73.2 Å². The van der Waals surface area contributed by atoms with Crippen LogP contribution in [0.1, 0.15) is 27.0 Å². The van der Waals surface area contributed by atoms with Gasteiger partial charge in [-0.2, -0.15) is 0 Å². The lowest BCUT2D eigenvalue weighted by Crippen LogP contribution is -2.48. The molecule has 0 aliphatic heterocycles. The number of anilines is 1. The fourth-order valence-corrected chi connectivity index (χ4v) is 4.75. The third kappa shape index (κ3) is 8.90. The summed E-state index contributed by atoms with van der Waals surface area (Å²) < 4.78 is 11.1. The van der Waals surface area contributed by atoms with Crippen LogP contribution >= 0.6 is 23.2 Å². The number of ether oxygens (including phenoxy) is 2. The largest absolute Gasteiger partial charge is 0.497 e. The maximum atomic E-state index is 13.2. The standard InChI is InChI=1S/C33H33Cl2N3O4/c1-22-5-3-6-24(19-22)32(39)38-31(33(40)37-18-17-36-25-11-15-26(41-2)16-12-25)20-23-9-13-27(14-10-23)42-21-28-29(34)7-4-8-30(28)35/h3-16,19,31,36H,17-18,20-21H2,1-2H3,(H,37,40)(H,38,39). The number of amides is 2. The Labute approximate surface area is 256 Å². The Kier molecular flexibility index (Phi) is 11.1. The molecule has 3 N–H and O–H groups in total. The number of benzene rings is 4. The van der Waals surface area contributed by atoms with Crippen molar-refractivity contribution in [2.75, 3.05) is 25.5 Å². The number of aryl methyl sites for hydroxylation is 1. The average molecular weight is 607 g/mol. The van der Waals surface area contributed by atoms with Crippen LogP contribution in [0, 0.1) is 6.92 Å². The monoisotopic (exact) mass is 605 g/mol. The molecule has 0 aromatic heterocycles. The highest BCUT2D eigenvalue weighted by Crippen LogP contribution is 2.26. The van der Waals surface area contributed by atoms with Gasteiger partial charge in [0.05, 0.1) is 7.11 Å². The average Bonchev–Trinajstić information content (AvgIpc) is 2.99. The van der Waals surface area contributed by atoms with Crippen molar-refractivity contribution in [3.8, 4) is 11.5 Å². The van der Waals surface area contributed by atoms with Crippen molar-refractivity contribution >= 4 is 40.7 Å². The summed E-state index contributed by atoms with van der Waals surface area (Å²) in [6, 6.07) is 26.7. The second-order valence-electron chi connectivity index (χ2n) is 9.68. The van der Waals surface area contributed by atoms with Crippen LogP contribution in [0.4, 0.5) is 5.69 Å². The first-order chi connectivity index (χ1) is 20.3. The van der Waals surface area contributed by atoms with Crippen LogP contribution in [0.15, 0.2) is 91.0 Å². The van der Waals surface area contributed by atoms with Crippen molar-refractivity contribution < 1.29 is 19.1 Å². The number of carbonyl (C=O) groups is 2. The van der Waals surface area contributed by atoms with E-state index in [0.29, 0.717) is 46.4 Å². The lowest BCUT2D eigenvalue weighted by atomic mass is 10.0. The number of methoxy groups -OCH3 is 1. The zero-order chi connectivity index (χ0) is 29.9. The summed E-state index contributed by atoms with van der Waals surface area (Å²) in [5, 5.41) is 10.2. The summed E-state index contributed by atoms with van der Waals surface area (Å²) in [5.74, 6) is 0.808. The number of rotatable bonds is 13. The van der Waals surface area contributed by atoms with Crippen molar-refractivity contribution in [3.63, 3.8) is 0 Å². The van der Waals surface area contributed by atoms with Crippen LogP contribution < -0.4 is 25.4 Å². The molecule has 0 bridgehead atoms. The first-order valence-corrected chi connectivity index (χ1v) is 14.3. The van der Waals surface area contributed by atoms with Crippen molar-refractivity contribution in [2.45, 2.75) is 26.0 Å². The van der Waals surface area contributed by atoms with Gasteiger partial charge < -0.3 is 25.4 Å². The zero-order valence-electron chi connectivity index (χ0n) is 23.5. The molecule has 0 spiro atoms. The smallest absolute Gasteiger partial charge is 0.251 e. The quantitative estimate of drug-likeness (QED) is 0.152. The van der Waals surface area contributed by atoms with Crippen molar-refractivity contribution in [2.24, 2.45) is 0 Å². The molecular weight excluding hydrogens is 573 g/mol. The third-order valence-corrected chi connectivity index (χ3v) is 7.26. The van der Waals surface area contributed by atoms with E-state index in [9.17, 15) is 9.59 Å². The van der Waals surface area contributed by atoms with Crippen LogP contribution in [0.25, 0.3) is 0 Å². The Morgan fingerprint density at radius 2 is 1.50 bits per heavy atom. The molecule has 218 valence electrons. The number of hydrogen-bond acceptors (Lipinski definition) is 5. The second-order valence-corrected chi connectivity index (χ2v) is 10.5. The summed E-state index contributed by atoms with van der Waals surface area (Å²) >= 11 is 12.5. The van der Waals surface area contributed by atoms with Gasteiger partial charge in [0.15, 0.2) is 0 Å². The fourth-order valence-electron chi connectivity index (χ4n) is 4.24. The molecule has 0 fully saturated rings. The Balaban J connectivity index is 1.38. The minimum atomic E-state index is -0.785. The van der Waals surface area contributed by atoms with E-state index in [1.165, 1.54) is 0 Å². The highest BCUT2D eigenvalue weighted by atomic mass is 35.5. The van der Waals surface area contributed by atoms with Gasteiger partial charge in [-0.25, -0.2) is 0 Å². The minimum Gasteiger partial charge on any atom is -0.497 e. The first kappa shape index (κ1) is 30.8.